The molecule has 4 aromatic rings. The topological polar surface area (TPSA) is 64.7 Å². The molecule has 0 bridgehead atoms. The largest absolute Gasteiger partial charge is 0.387 e. The molecule has 5 rings (SSSR count). The van der Waals surface area contributed by atoms with Crippen molar-refractivity contribution in [3.8, 4) is 0 Å². The van der Waals surface area contributed by atoms with Crippen LogP contribution in [-0.2, 0) is 11.4 Å². The lowest BCUT2D eigenvalue weighted by Gasteiger charge is -2.13. The lowest BCUT2D eigenvalue weighted by molar-refractivity contribution is 0.122. The summed E-state index contributed by atoms with van der Waals surface area (Å²) >= 11 is 1.61. The van der Waals surface area contributed by atoms with Gasteiger partial charge in [0.1, 0.15) is 5.71 Å². The highest BCUT2D eigenvalue weighted by atomic mass is 32.2. The smallest absolute Gasteiger partial charge is 0.212 e. The Kier molecular flexibility index (Phi) is 5.58. The highest BCUT2D eigenvalue weighted by molar-refractivity contribution is 7.99. The van der Waals surface area contributed by atoms with Crippen LogP contribution in [0.4, 0.5) is 0 Å². The van der Waals surface area contributed by atoms with Gasteiger partial charge in [0.25, 0.3) is 0 Å². The Morgan fingerprint density at radius 1 is 0.839 bits per heavy atom. The molecule has 1 aliphatic rings. The molecule has 0 amide bonds. The molecular formula is C24H19N5OS. The lowest BCUT2D eigenvalue weighted by atomic mass is 10.0. The number of rotatable bonds is 6. The van der Waals surface area contributed by atoms with Crippen LogP contribution in [0.15, 0.2) is 106 Å². The number of thioether (sulfide) groups is 1. The molecule has 0 unspecified atom stereocenters. The summed E-state index contributed by atoms with van der Waals surface area (Å²) in [5.41, 5.74) is 4.81. The molecule has 7 heteroatoms. The predicted molar refractivity (Wildman–Crippen MR) is 122 cm³/mol. The molecule has 0 fully saturated rings. The Morgan fingerprint density at radius 2 is 1.45 bits per heavy atom. The second-order valence-corrected chi connectivity index (χ2v) is 7.80. The summed E-state index contributed by atoms with van der Waals surface area (Å²) in [4.78, 5) is 5.74. The standard InChI is InChI=1S/C24H19N5OS/c1-4-10-18(11-5-1)21-17-31-24-26-25-22(29(24)27-21)16-30-28-23(19-12-6-2-7-13-19)20-14-8-3-9-15-20/h1-15H,16-17H2. The zero-order valence-electron chi connectivity index (χ0n) is 16.6. The molecule has 0 radical (unpaired) electrons. The average molecular weight is 426 g/mol. The molecule has 2 heterocycles. The third-order valence-electron chi connectivity index (χ3n) is 4.79. The SMILES string of the molecule is c1ccc(C2=Nn3c(CON=C(c4ccccc4)c4ccccc4)nnc3SC2)cc1. The van der Waals surface area contributed by atoms with Crippen molar-refractivity contribution in [3.63, 3.8) is 0 Å². The van der Waals surface area contributed by atoms with Crippen LogP contribution < -0.4 is 0 Å². The van der Waals surface area contributed by atoms with E-state index in [1.165, 1.54) is 0 Å². The molecule has 0 saturated heterocycles. The van der Waals surface area contributed by atoms with E-state index in [1.807, 2.05) is 78.9 Å². The van der Waals surface area contributed by atoms with E-state index >= 15 is 0 Å². The van der Waals surface area contributed by atoms with Crippen LogP contribution in [-0.4, -0.2) is 32.0 Å². The molecule has 0 saturated carbocycles. The van der Waals surface area contributed by atoms with Gasteiger partial charge in [-0.3, -0.25) is 0 Å². The van der Waals surface area contributed by atoms with Crippen LogP contribution in [0.25, 0.3) is 0 Å². The normalized spacial score (nSPS) is 12.6. The van der Waals surface area contributed by atoms with Crippen molar-refractivity contribution in [2.24, 2.45) is 10.3 Å². The molecule has 3 aromatic carbocycles. The Labute approximate surface area is 184 Å². The lowest BCUT2D eigenvalue weighted by Crippen LogP contribution is -2.14. The van der Waals surface area contributed by atoms with E-state index in [2.05, 4.69) is 27.5 Å². The Bertz CT molecular complexity index is 1180. The molecule has 1 aliphatic heterocycles. The van der Waals surface area contributed by atoms with Crippen molar-refractivity contribution in [2.75, 3.05) is 5.75 Å². The average Bonchev–Trinajstić information content (AvgIpc) is 3.26. The van der Waals surface area contributed by atoms with Crippen LogP contribution in [0.3, 0.4) is 0 Å². The second-order valence-electron chi connectivity index (χ2n) is 6.86. The van der Waals surface area contributed by atoms with E-state index in [9.17, 15) is 0 Å². The molecule has 31 heavy (non-hydrogen) atoms. The second kappa shape index (κ2) is 8.97. The van der Waals surface area contributed by atoms with Crippen LogP contribution in [0.1, 0.15) is 22.5 Å². The summed E-state index contributed by atoms with van der Waals surface area (Å²) in [7, 11) is 0. The van der Waals surface area contributed by atoms with Crippen molar-refractivity contribution in [1.82, 2.24) is 14.9 Å². The summed E-state index contributed by atoms with van der Waals surface area (Å²) in [5.74, 6) is 1.37. The van der Waals surface area contributed by atoms with Gasteiger partial charge in [-0.25, -0.2) is 0 Å². The van der Waals surface area contributed by atoms with Gasteiger partial charge in [-0.05, 0) is 5.56 Å². The number of oxime groups is 1. The highest BCUT2D eigenvalue weighted by Gasteiger charge is 2.20. The quantitative estimate of drug-likeness (QED) is 0.334. The minimum Gasteiger partial charge on any atom is -0.387 e. The number of fused-ring (bicyclic) bond motifs is 1. The first-order valence-electron chi connectivity index (χ1n) is 9.89. The van der Waals surface area contributed by atoms with Crippen LogP contribution >= 0.6 is 11.8 Å². The monoisotopic (exact) mass is 425 g/mol. The summed E-state index contributed by atoms with van der Waals surface area (Å²) in [6.45, 7) is 0.169. The minimum absolute atomic E-state index is 0.169. The predicted octanol–water partition coefficient (Wildman–Crippen LogP) is 4.61. The zero-order valence-corrected chi connectivity index (χ0v) is 17.4. The third-order valence-corrected chi connectivity index (χ3v) is 5.72. The highest BCUT2D eigenvalue weighted by Crippen LogP contribution is 2.24. The first kappa shape index (κ1) is 19.3. The van der Waals surface area contributed by atoms with E-state index in [1.54, 1.807) is 16.4 Å². The Balaban J connectivity index is 1.40. The van der Waals surface area contributed by atoms with Gasteiger partial charge in [0.05, 0.1) is 5.71 Å². The first-order valence-corrected chi connectivity index (χ1v) is 10.9. The van der Waals surface area contributed by atoms with Crippen molar-refractivity contribution in [3.05, 3.63) is 114 Å². The van der Waals surface area contributed by atoms with Gasteiger partial charge >= 0.3 is 0 Å². The fraction of sp³-hybridized carbons (Fsp3) is 0.0833. The minimum atomic E-state index is 0.169. The molecule has 152 valence electrons. The summed E-state index contributed by atoms with van der Waals surface area (Å²) in [6, 6.07) is 30.1. The van der Waals surface area contributed by atoms with Gasteiger partial charge in [0, 0.05) is 16.9 Å². The summed E-state index contributed by atoms with van der Waals surface area (Å²) in [6.07, 6.45) is 0. The molecule has 0 aliphatic carbocycles. The van der Waals surface area contributed by atoms with Gasteiger partial charge in [-0.2, -0.15) is 9.78 Å². The van der Waals surface area contributed by atoms with Crippen molar-refractivity contribution < 1.29 is 4.84 Å². The molecule has 1 aromatic heterocycles. The van der Waals surface area contributed by atoms with E-state index < -0.39 is 0 Å². The number of hydrogen-bond acceptors (Lipinski definition) is 6. The maximum Gasteiger partial charge on any atom is 0.212 e. The van der Waals surface area contributed by atoms with Crippen LogP contribution in [0, 0.1) is 0 Å². The fourth-order valence-electron chi connectivity index (χ4n) is 3.25. The van der Waals surface area contributed by atoms with Crippen molar-refractivity contribution >= 4 is 23.2 Å². The summed E-state index contributed by atoms with van der Waals surface area (Å²) in [5, 5.41) is 18.5. The van der Waals surface area contributed by atoms with Gasteiger partial charge in [0.2, 0.25) is 5.16 Å². The van der Waals surface area contributed by atoms with E-state index in [-0.39, 0.29) is 6.61 Å². The molecule has 0 atom stereocenters. The fourth-order valence-corrected chi connectivity index (χ4v) is 4.11. The van der Waals surface area contributed by atoms with Crippen LogP contribution in [0.5, 0.6) is 0 Å². The van der Waals surface area contributed by atoms with E-state index in [0.29, 0.717) is 5.82 Å². The van der Waals surface area contributed by atoms with E-state index in [4.69, 9.17) is 9.94 Å². The van der Waals surface area contributed by atoms with Crippen LogP contribution in [0.2, 0.25) is 0 Å². The maximum atomic E-state index is 5.74. The van der Waals surface area contributed by atoms with Gasteiger partial charge in [-0.1, -0.05) is 108 Å². The molecular weight excluding hydrogens is 406 g/mol. The Morgan fingerprint density at radius 3 is 2.10 bits per heavy atom. The van der Waals surface area contributed by atoms with Gasteiger partial charge < -0.3 is 4.84 Å². The van der Waals surface area contributed by atoms with Crippen molar-refractivity contribution in [2.45, 2.75) is 11.8 Å². The number of nitrogens with zero attached hydrogens (tertiary/aromatic N) is 5. The first-order chi connectivity index (χ1) is 15.4. The van der Waals surface area contributed by atoms with Gasteiger partial charge in [-0.15, -0.1) is 10.2 Å². The molecule has 0 N–H and O–H groups in total. The summed E-state index contributed by atoms with van der Waals surface area (Å²) < 4.78 is 1.75. The Hall–Kier alpha value is -3.71. The molecule has 0 spiro atoms. The molecule has 6 nitrogen and oxygen atoms in total. The maximum absolute atomic E-state index is 5.74. The van der Waals surface area contributed by atoms with E-state index in [0.717, 1.165) is 39.0 Å². The number of aromatic nitrogens is 3. The number of hydrogen-bond donors (Lipinski definition) is 0. The zero-order chi connectivity index (χ0) is 20.9. The third kappa shape index (κ3) is 4.27. The van der Waals surface area contributed by atoms with Crippen molar-refractivity contribution in [1.29, 1.82) is 0 Å². The van der Waals surface area contributed by atoms with Gasteiger partial charge in [0.15, 0.2) is 12.4 Å². The number of benzene rings is 3.